The summed E-state index contributed by atoms with van der Waals surface area (Å²) in [5.74, 6) is 1.74. The Balaban J connectivity index is 1.53. The third-order valence-electron chi connectivity index (χ3n) is 9.59. The monoisotopic (exact) mass is 402 g/mol. The number of aliphatic hydroxyl groups excluding tert-OH is 1. The SMILES string of the molecule is C[C@]12CCC(O)CC1CC[C@@H]1[C@H]2CC[C@]2(C)C(C=CC=NNC(=N)N)CC[C@@]12O. The number of nitrogens with zero attached hydrogens (tertiary/aromatic N) is 1. The molecule has 4 aliphatic carbocycles. The average Bonchev–Trinajstić information content (AvgIpc) is 2.93. The number of aliphatic hydroxyl groups is 2. The maximum atomic E-state index is 12.1. The van der Waals surface area contributed by atoms with E-state index in [4.69, 9.17) is 11.1 Å². The molecule has 0 aromatic carbocycles. The molecule has 4 aliphatic rings. The van der Waals surface area contributed by atoms with Crippen molar-refractivity contribution in [1.29, 1.82) is 5.41 Å². The number of nitrogens with two attached hydrogens (primary N) is 1. The summed E-state index contributed by atoms with van der Waals surface area (Å²) in [5.41, 5.74) is 7.25. The van der Waals surface area contributed by atoms with E-state index in [-0.39, 0.29) is 22.9 Å². The van der Waals surface area contributed by atoms with Gasteiger partial charge in [-0.25, -0.2) is 5.43 Å². The van der Waals surface area contributed by atoms with Crippen molar-refractivity contribution in [1.82, 2.24) is 5.43 Å². The standard InChI is InChI=1S/C23H38N4O2/c1-21-10-8-17(28)14-16(21)5-6-19-18(21)9-11-22(2)15(7-12-23(19,22)29)4-3-13-26-27-20(24)25/h3-4,13,15-19,28-29H,5-12,14H2,1-2H3,(H4,24,25,27)/t15?,16?,17?,18-,19-,21+,22-,23-/m1/s1. The van der Waals surface area contributed by atoms with Gasteiger partial charge in [-0.3, -0.25) is 5.41 Å². The van der Waals surface area contributed by atoms with Gasteiger partial charge in [0.25, 0.3) is 0 Å². The predicted octanol–water partition coefficient (Wildman–Crippen LogP) is 3.15. The van der Waals surface area contributed by atoms with Crippen LogP contribution in [-0.4, -0.2) is 34.1 Å². The highest BCUT2D eigenvalue weighted by Gasteiger charge is 2.66. The number of hydrogen-bond acceptors (Lipinski definition) is 4. The zero-order valence-corrected chi connectivity index (χ0v) is 17.9. The topological polar surface area (TPSA) is 115 Å². The third-order valence-corrected chi connectivity index (χ3v) is 9.59. The van der Waals surface area contributed by atoms with E-state index in [9.17, 15) is 10.2 Å². The van der Waals surface area contributed by atoms with Gasteiger partial charge < -0.3 is 15.9 Å². The average molecular weight is 403 g/mol. The van der Waals surface area contributed by atoms with E-state index in [0.717, 1.165) is 51.4 Å². The van der Waals surface area contributed by atoms with Crippen LogP contribution in [-0.2, 0) is 0 Å². The quantitative estimate of drug-likeness (QED) is 0.283. The number of fused-ring (bicyclic) bond motifs is 5. The molecule has 4 saturated carbocycles. The van der Waals surface area contributed by atoms with Crippen molar-refractivity contribution >= 4 is 12.2 Å². The molecule has 3 unspecified atom stereocenters. The highest BCUT2D eigenvalue weighted by molar-refractivity contribution is 5.77. The molecule has 162 valence electrons. The number of rotatable bonds is 3. The summed E-state index contributed by atoms with van der Waals surface area (Å²) in [7, 11) is 0. The molecule has 0 saturated heterocycles. The molecule has 6 N–H and O–H groups in total. The van der Waals surface area contributed by atoms with Crippen LogP contribution >= 0.6 is 0 Å². The molecule has 0 aromatic heterocycles. The first-order valence-corrected chi connectivity index (χ1v) is 11.4. The number of hydrogen-bond donors (Lipinski definition) is 5. The number of allylic oxidation sites excluding steroid dienone is 2. The van der Waals surface area contributed by atoms with Crippen molar-refractivity contribution in [2.75, 3.05) is 0 Å². The molecule has 0 heterocycles. The lowest BCUT2D eigenvalue weighted by molar-refractivity contribution is -0.207. The van der Waals surface area contributed by atoms with Gasteiger partial charge >= 0.3 is 0 Å². The number of guanidine groups is 1. The van der Waals surface area contributed by atoms with E-state index < -0.39 is 5.60 Å². The Morgan fingerprint density at radius 3 is 2.66 bits per heavy atom. The second kappa shape index (κ2) is 7.38. The van der Waals surface area contributed by atoms with Crippen molar-refractivity contribution in [3.8, 4) is 0 Å². The maximum absolute atomic E-state index is 12.1. The van der Waals surface area contributed by atoms with Crippen LogP contribution in [0.2, 0.25) is 0 Å². The van der Waals surface area contributed by atoms with Crippen molar-refractivity contribution in [3.05, 3.63) is 12.2 Å². The molecule has 0 spiro atoms. The largest absolute Gasteiger partial charge is 0.393 e. The van der Waals surface area contributed by atoms with Crippen LogP contribution in [0, 0.1) is 39.9 Å². The van der Waals surface area contributed by atoms with Crippen LogP contribution in [0.5, 0.6) is 0 Å². The summed E-state index contributed by atoms with van der Waals surface area (Å²) in [4.78, 5) is 0. The minimum absolute atomic E-state index is 0.0934. The van der Waals surface area contributed by atoms with Gasteiger partial charge in [0, 0.05) is 11.6 Å². The maximum Gasteiger partial charge on any atom is 0.206 e. The van der Waals surface area contributed by atoms with Crippen LogP contribution < -0.4 is 11.2 Å². The molecule has 6 nitrogen and oxygen atoms in total. The molecule has 8 atom stereocenters. The van der Waals surface area contributed by atoms with Crippen LogP contribution in [0.25, 0.3) is 0 Å². The number of nitrogens with one attached hydrogen (secondary N) is 2. The van der Waals surface area contributed by atoms with Gasteiger partial charge in [-0.1, -0.05) is 19.9 Å². The Hall–Kier alpha value is -1.40. The van der Waals surface area contributed by atoms with Gasteiger partial charge in [0.1, 0.15) is 0 Å². The summed E-state index contributed by atoms with van der Waals surface area (Å²) in [6, 6.07) is 0. The first kappa shape index (κ1) is 20.9. The van der Waals surface area contributed by atoms with E-state index in [1.54, 1.807) is 6.21 Å². The Labute approximate surface area is 174 Å². The Morgan fingerprint density at radius 1 is 1.10 bits per heavy atom. The molecule has 0 aliphatic heterocycles. The molecular formula is C23H38N4O2. The van der Waals surface area contributed by atoms with Crippen molar-refractivity contribution < 1.29 is 10.2 Å². The highest BCUT2D eigenvalue weighted by Crippen LogP contribution is 2.69. The molecule has 4 fully saturated rings. The summed E-state index contributed by atoms with van der Waals surface area (Å²) in [6.07, 6.45) is 15.0. The summed E-state index contributed by atoms with van der Waals surface area (Å²) >= 11 is 0. The summed E-state index contributed by atoms with van der Waals surface area (Å²) in [5, 5.41) is 33.3. The molecule has 6 heteroatoms. The first-order chi connectivity index (χ1) is 13.7. The van der Waals surface area contributed by atoms with Crippen LogP contribution in [0.15, 0.2) is 17.3 Å². The molecule has 4 rings (SSSR count). The van der Waals surface area contributed by atoms with Gasteiger partial charge in [-0.15, -0.1) is 0 Å². The van der Waals surface area contributed by atoms with E-state index in [1.807, 2.05) is 6.08 Å². The Bertz CT molecular complexity index is 709. The van der Waals surface area contributed by atoms with Crippen LogP contribution in [0.4, 0.5) is 0 Å². The lowest BCUT2D eigenvalue weighted by Crippen LogP contribution is -2.62. The lowest BCUT2D eigenvalue weighted by atomic mass is 9.43. The van der Waals surface area contributed by atoms with E-state index in [2.05, 4.69) is 30.5 Å². The smallest absolute Gasteiger partial charge is 0.206 e. The van der Waals surface area contributed by atoms with Gasteiger partial charge in [-0.05, 0) is 93.0 Å². The zero-order valence-electron chi connectivity index (χ0n) is 17.9. The van der Waals surface area contributed by atoms with Gasteiger partial charge in [0.05, 0.1) is 11.7 Å². The molecular weight excluding hydrogens is 364 g/mol. The molecule has 0 aromatic rings. The lowest BCUT2D eigenvalue weighted by Gasteiger charge is -2.63. The molecule has 29 heavy (non-hydrogen) atoms. The fourth-order valence-corrected chi connectivity index (χ4v) is 7.89. The summed E-state index contributed by atoms with van der Waals surface area (Å²) < 4.78 is 0. The second-order valence-electron chi connectivity index (χ2n) is 10.6. The molecule has 0 radical (unpaired) electrons. The van der Waals surface area contributed by atoms with Gasteiger partial charge in [0.2, 0.25) is 5.96 Å². The third kappa shape index (κ3) is 3.23. The molecule has 0 amide bonds. The van der Waals surface area contributed by atoms with E-state index in [0.29, 0.717) is 23.7 Å². The van der Waals surface area contributed by atoms with E-state index in [1.165, 1.54) is 6.42 Å². The van der Waals surface area contributed by atoms with Crippen molar-refractivity contribution in [2.45, 2.75) is 83.3 Å². The van der Waals surface area contributed by atoms with Crippen molar-refractivity contribution in [3.63, 3.8) is 0 Å². The Kier molecular flexibility index (Phi) is 5.31. The van der Waals surface area contributed by atoms with Gasteiger partial charge in [-0.2, -0.15) is 5.10 Å². The predicted molar refractivity (Wildman–Crippen MR) is 115 cm³/mol. The zero-order chi connectivity index (χ0) is 20.9. The fourth-order valence-electron chi connectivity index (χ4n) is 7.89. The fraction of sp³-hybridized carbons (Fsp3) is 0.826. The highest BCUT2D eigenvalue weighted by atomic mass is 16.3. The Morgan fingerprint density at radius 2 is 1.90 bits per heavy atom. The summed E-state index contributed by atoms with van der Waals surface area (Å²) in [6.45, 7) is 4.76. The van der Waals surface area contributed by atoms with E-state index >= 15 is 0 Å². The number of hydrazone groups is 1. The van der Waals surface area contributed by atoms with Crippen LogP contribution in [0.3, 0.4) is 0 Å². The minimum Gasteiger partial charge on any atom is -0.393 e. The molecule has 0 bridgehead atoms. The minimum atomic E-state index is -0.594. The van der Waals surface area contributed by atoms with Crippen molar-refractivity contribution in [2.24, 2.45) is 45.3 Å². The normalized spacial score (nSPS) is 49.6. The second-order valence-corrected chi connectivity index (χ2v) is 10.6. The van der Waals surface area contributed by atoms with Crippen LogP contribution in [0.1, 0.15) is 71.6 Å². The van der Waals surface area contributed by atoms with Gasteiger partial charge in [0.15, 0.2) is 0 Å². The first-order valence-electron chi connectivity index (χ1n) is 11.4.